The fraction of sp³-hybridized carbons (Fsp3) is 0.474. The van der Waals surface area contributed by atoms with E-state index in [-0.39, 0.29) is 17.9 Å². The van der Waals surface area contributed by atoms with Crippen molar-refractivity contribution in [3.63, 3.8) is 0 Å². The van der Waals surface area contributed by atoms with E-state index in [2.05, 4.69) is 6.92 Å². The van der Waals surface area contributed by atoms with E-state index < -0.39 is 0 Å². The van der Waals surface area contributed by atoms with E-state index >= 15 is 0 Å². The van der Waals surface area contributed by atoms with E-state index in [1.807, 2.05) is 35.2 Å². The largest absolute Gasteiger partial charge is 0.342 e. The van der Waals surface area contributed by atoms with E-state index in [0.717, 1.165) is 30.6 Å². The van der Waals surface area contributed by atoms with Gasteiger partial charge in [-0.1, -0.05) is 31.2 Å². The predicted molar refractivity (Wildman–Crippen MR) is 90.3 cm³/mol. The second kappa shape index (κ2) is 6.57. The third kappa shape index (κ3) is 3.31. The number of likely N-dealkylation sites (tertiary alicyclic amines) is 1. The van der Waals surface area contributed by atoms with Crippen molar-refractivity contribution in [2.45, 2.75) is 39.2 Å². The fourth-order valence-corrected chi connectivity index (χ4v) is 3.62. The summed E-state index contributed by atoms with van der Waals surface area (Å²) in [5.74, 6) is 0.689. The van der Waals surface area contributed by atoms with Gasteiger partial charge in [0.05, 0.1) is 12.5 Å². The number of fused-ring (bicyclic) bond motifs is 1. The van der Waals surface area contributed by atoms with Gasteiger partial charge in [-0.05, 0) is 36.0 Å². The van der Waals surface area contributed by atoms with Gasteiger partial charge in [-0.3, -0.25) is 9.59 Å². The van der Waals surface area contributed by atoms with Crippen molar-refractivity contribution in [3.05, 3.63) is 41.6 Å². The lowest BCUT2D eigenvalue weighted by molar-refractivity contribution is -0.135. The lowest BCUT2D eigenvalue weighted by atomic mass is 9.92. The van der Waals surface area contributed by atoms with Crippen molar-refractivity contribution < 1.29 is 9.59 Å². The monoisotopic (exact) mass is 312 g/mol. The highest BCUT2D eigenvalue weighted by molar-refractivity contribution is 5.82. The third-order valence-electron chi connectivity index (χ3n) is 4.85. The van der Waals surface area contributed by atoms with Gasteiger partial charge in [0.2, 0.25) is 11.8 Å². The first-order valence-corrected chi connectivity index (χ1v) is 8.40. The lowest BCUT2D eigenvalue weighted by Crippen LogP contribution is -2.41. The first kappa shape index (κ1) is 15.8. The standard InChI is InChI=1S/C19H24N2O2/c1-14-6-5-10-20(13-14)19(23)12-18-17-8-4-3-7-16(17)9-11-21(18)15(2)22/h3-4,7-9,11,14,18H,5-6,10,12-13H2,1-2H3/t14-,18+/m1/s1. The Morgan fingerprint density at radius 1 is 1.26 bits per heavy atom. The van der Waals surface area contributed by atoms with Gasteiger partial charge in [0.15, 0.2) is 0 Å². The molecule has 4 nitrogen and oxygen atoms in total. The third-order valence-corrected chi connectivity index (χ3v) is 4.85. The van der Waals surface area contributed by atoms with Crippen LogP contribution < -0.4 is 0 Å². The van der Waals surface area contributed by atoms with Crippen LogP contribution in [0.3, 0.4) is 0 Å². The summed E-state index contributed by atoms with van der Waals surface area (Å²) in [6.45, 7) is 5.43. The minimum atomic E-state index is -0.196. The normalized spacial score (nSPS) is 23.6. The first-order chi connectivity index (χ1) is 11.1. The molecule has 3 rings (SSSR count). The molecule has 0 aliphatic carbocycles. The summed E-state index contributed by atoms with van der Waals surface area (Å²) in [7, 11) is 0. The zero-order chi connectivity index (χ0) is 16.4. The topological polar surface area (TPSA) is 40.6 Å². The summed E-state index contributed by atoms with van der Waals surface area (Å²) in [6, 6.07) is 7.81. The van der Waals surface area contributed by atoms with Gasteiger partial charge in [-0.25, -0.2) is 0 Å². The van der Waals surface area contributed by atoms with Crippen LogP contribution in [0.25, 0.3) is 6.08 Å². The molecule has 4 heteroatoms. The maximum absolute atomic E-state index is 12.8. The van der Waals surface area contributed by atoms with Gasteiger partial charge < -0.3 is 9.80 Å². The number of hydrogen-bond acceptors (Lipinski definition) is 2. The van der Waals surface area contributed by atoms with Crippen molar-refractivity contribution >= 4 is 17.9 Å². The Labute approximate surface area is 137 Å². The molecule has 0 spiro atoms. The number of hydrogen-bond donors (Lipinski definition) is 0. The van der Waals surface area contributed by atoms with Crippen LogP contribution in [0.15, 0.2) is 30.5 Å². The Balaban J connectivity index is 1.82. The molecule has 1 fully saturated rings. The zero-order valence-corrected chi connectivity index (χ0v) is 13.9. The van der Waals surface area contributed by atoms with Crippen LogP contribution in [0.2, 0.25) is 0 Å². The molecule has 1 aromatic carbocycles. The second-order valence-corrected chi connectivity index (χ2v) is 6.68. The highest BCUT2D eigenvalue weighted by Gasteiger charge is 2.30. The number of nitrogens with zero attached hydrogens (tertiary/aromatic N) is 2. The van der Waals surface area contributed by atoms with Crippen molar-refractivity contribution in [2.75, 3.05) is 13.1 Å². The Morgan fingerprint density at radius 2 is 2.04 bits per heavy atom. The van der Waals surface area contributed by atoms with Crippen molar-refractivity contribution in [1.82, 2.24) is 9.80 Å². The summed E-state index contributed by atoms with van der Waals surface area (Å²) in [5.41, 5.74) is 2.15. The lowest BCUT2D eigenvalue weighted by Gasteiger charge is -2.36. The molecule has 0 radical (unpaired) electrons. The number of carbonyl (C=O) groups excluding carboxylic acids is 2. The summed E-state index contributed by atoms with van der Waals surface area (Å²) < 4.78 is 0. The van der Waals surface area contributed by atoms with Crippen LogP contribution in [0.4, 0.5) is 0 Å². The van der Waals surface area contributed by atoms with Crippen LogP contribution in [0.5, 0.6) is 0 Å². The first-order valence-electron chi connectivity index (χ1n) is 8.40. The quantitative estimate of drug-likeness (QED) is 0.841. The Kier molecular flexibility index (Phi) is 4.51. The van der Waals surface area contributed by atoms with Crippen molar-refractivity contribution in [3.8, 4) is 0 Å². The summed E-state index contributed by atoms with van der Waals surface area (Å²) in [4.78, 5) is 28.4. The van der Waals surface area contributed by atoms with E-state index in [4.69, 9.17) is 0 Å². The van der Waals surface area contributed by atoms with E-state index in [1.165, 1.54) is 6.42 Å². The van der Waals surface area contributed by atoms with Crippen molar-refractivity contribution in [1.29, 1.82) is 0 Å². The van der Waals surface area contributed by atoms with Crippen LogP contribution in [-0.4, -0.2) is 34.7 Å². The molecular formula is C19H24N2O2. The van der Waals surface area contributed by atoms with Gasteiger partial charge in [-0.2, -0.15) is 0 Å². The minimum Gasteiger partial charge on any atom is -0.342 e. The average Bonchev–Trinajstić information content (AvgIpc) is 2.54. The maximum atomic E-state index is 12.8. The van der Waals surface area contributed by atoms with E-state index in [1.54, 1.807) is 18.0 Å². The molecular weight excluding hydrogens is 288 g/mol. The van der Waals surface area contributed by atoms with Crippen LogP contribution in [0, 0.1) is 5.92 Å². The molecule has 2 heterocycles. The number of amides is 2. The number of benzene rings is 1. The SMILES string of the molecule is CC(=O)N1C=Cc2ccccc2[C@@H]1CC(=O)N1CCC[C@@H](C)C1. The molecule has 2 atom stereocenters. The Hall–Kier alpha value is -2.10. The number of rotatable bonds is 2. The second-order valence-electron chi connectivity index (χ2n) is 6.68. The zero-order valence-electron chi connectivity index (χ0n) is 13.9. The van der Waals surface area contributed by atoms with Gasteiger partial charge in [-0.15, -0.1) is 0 Å². The van der Waals surface area contributed by atoms with Crippen LogP contribution in [-0.2, 0) is 9.59 Å². The van der Waals surface area contributed by atoms with Gasteiger partial charge in [0.25, 0.3) is 0 Å². The smallest absolute Gasteiger partial charge is 0.225 e. The van der Waals surface area contributed by atoms with E-state index in [9.17, 15) is 9.59 Å². The molecule has 23 heavy (non-hydrogen) atoms. The fourth-order valence-electron chi connectivity index (χ4n) is 3.62. The minimum absolute atomic E-state index is 0.0273. The highest BCUT2D eigenvalue weighted by Crippen LogP contribution is 2.33. The van der Waals surface area contributed by atoms with Crippen LogP contribution in [0.1, 0.15) is 50.3 Å². The molecule has 0 bridgehead atoms. The van der Waals surface area contributed by atoms with Gasteiger partial charge in [0.1, 0.15) is 0 Å². The molecule has 0 unspecified atom stereocenters. The molecule has 2 aliphatic rings. The van der Waals surface area contributed by atoms with E-state index in [0.29, 0.717) is 12.3 Å². The summed E-state index contributed by atoms with van der Waals surface area (Å²) in [6.07, 6.45) is 6.37. The number of piperidine rings is 1. The maximum Gasteiger partial charge on any atom is 0.225 e. The molecule has 1 aromatic rings. The van der Waals surface area contributed by atoms with Gasteiger partial charge in [0, 0.05) is 26.2 Å². The van der Waals surface area contributed by atoms with Gasteiger partial charge >= 0.3 is 0 Å². The Bertz CT molecular complexity index is 638. The molecule has 2 amide bonds. The molecule has 1 saturated heterocycles. The highest BCUT2D eigenvalue weighted by atomic mass is 16.2. The molecule has 122 valence electrons. The summed E-state index contributed by atoms with van der Waals surface area (Å²) >= 11 is 0. The predicted octanol–water partition coefficient (Wildman–Crippen LogP) is 3.21. The average molecular weight is 312 g/mol. The molecule has 0 aromatic heterocycles. The van der Waals surface area contributed by atoms with Crippen molar-refractivity contribution in [2.24, 2.45) is 5.92 Å². The molecule has 0 N–H and O–H groups in total. The number of carbonyl (C=O) groups is 2. The molecule has 2 aliphatic heterocycles. The Morgan fingerprint density at radius 3 is 2.78 bits per heavy atom. The summed E-state index contributed by atoms with van der Waals surface area (Å²) in [5, 5.41) is 0. The van der Waals surface area contributed by atoms with Crippen LogP contribution >= 0.6 is 0 Å². The molecule has 0 saturated carbocycles.